The number of rotatable bonds is 4. The Hall–Kier alpha value is -2.12. The van der Waals surface area contributed by atoms with Crippen molar-refractivity contribution in [3.63, 3.8) is 0 Å². The van der Waals surface area contributed by atoms with Crippen LogP contribution >= 0.6 is 12.4 Å². The Morgan fingerprint density at radius 3 is 2.92 bits per heavy atom. The van der Waals surface area contributed by atoms with Crippen LogP contribution in [0.4, 0.5) is 14.9 Å². The van der Waals surface area contributed by atoms with E-state index in [9.17, 15) is 14.0 Å². The number of benzene rings is 1. The number of carbonyl (C=O) groups excluding carboxylic acids is 2. The lowest BCUT2D eigenvalue weighted by molar-refractivity contribution is -0.119. The van der Waals surface area contributed by atoms with Crippen LogP contribution in [0.15, 0.2) is 24.3 Å². The van der Waals surface area contributed by atoms with Crippen molar-refractivity contribution in [2.24, 2.45) is 0 Å². The first-order valence-corrected chi connectivity index (χ1v) is 7.97. The molecule has 1 fully saturated rings. The zero-order chi connectivity index (χ0) is 17.1. The molecule has 2 aliphatic rings. The van der Waals surface area contributed by atoms with Gasteiger partial charge in [0.25, 0.3) is 0 Å². The van der Waals surface area contributed by atoms with E-state index in [1.165, 1.54) is 17.9 Å². The predicted octanol–water partition coefficient (Wildman–Crippen LogP) is 2.09. The fraction of sp³-hybridized carbons (Fsp3) is 0.412. The second kappa shape index (κ2) is 8.31. The van der Waals surface area contributed by atoms with Crippen molar-refractivity contribution in [1.29, 1.82) is 0 Å². The first-order valence-electron chi connectivity index (χ1n) is 7.97. The molecule has 2 aliphatic heterocycles. The van der Waals surface area contributed by atoms with Crippen molar-refractivity contribution < 1.29 is 18.7 Å². The summed E-state index contributed by atoms with van der Waals surface area (Å²) < 4.78 is 19.7. The zero-order valence-corrected chi connectivity index (χ0v) is 14.7. The van der Waals surface area contributed by atoms with Crippen molar-refractivity contribution in [3.8, 4) is 0 Å². The van der Waals surface area contributed by atoms with Gasteiger partial charge in [-0.05, 0) is 36.7 Å². The van der Waals surface area contributed by atoms with Crippen LogP contribution in [0.1, 0.15) is 18.9 Å². The zero-order valence-electron chi connectivity index (χ0n) is 13.9. The van der Waals surface area contributed by atoms with Gasteiger partial charge in [-0.2, -0.15) is 0 Å². The summed E-state index contributed by atoms with van der Waals surface area (Å²) in [6.07, 6.45) is 1.80. The third-order valence-electron chi connectivity index (χ3n) is 4.13. The summed E-state index contributed by atoms with van der Waals surface area (Å²) in [5.41, 5.74) is 2.01. The van der Waals surface area contributed by atoms with Gasteiger partial charge in [-0.1, -0.05) is 6.08 Å². The van der Waals surface area contributed by atoms with Crippen molar-refractivity contribution in [1.82, 2.24) is 10.6 Å². The standard InChI is InChI=1S/C17H20FN3O3.ClH/c1-11(22)20-9-14-10-21(17(23)24-14)13-2-3-15(16(18)8-13)12-4-6-19-7-5-12;/h2-4,8,14,19H,5-7,9-10H2,1H3,(H,20,22);1H. The highest BCUT2D eigenvalue weighted by molar-refractivity contribution is 5.90. The molecule has 8 heteroatoms. The summed E-state index contributed by atoms with van der Waals surface area (Å²) in [5, 5.41) is 5.81. The Kier molecular flexibility index (Phi) is 6.39. The van der Waals surface area contributed by atoms with Gasteiger partial charge in [-0.3, -0.25) is 9.69 Å². The Bertz CT molecular complexity index is 696. The second-order valence-electron chi connectivity index (χ2n) is 5.90. The number of nitrogens with one attached hydrogen (secondary N) is 2. The molecule has 1 aromatic rings. The molecule has 25 heavy (non-hydrogen) atoms. The minimum atomic E-state index is -0.529. The fourth-order valence-electron chi connectivity index (χ4n) is 2.90. The van der Waals surface area contributed by atoms with Crippen LogP contribution in [0.25, 0.3) is 5.57 Å². The number of halogens is 2. The van der Waals surface area contributed by atoms with E-state index < -0.39 is 12.2 Å². The maximum Gasteiger partial charge on any atom is 0.414 e. The summed E-state index contributed by atoms with van der Waals surface area (Å²) in [6, 6.07) is 4.79. The quantitative estimate of drug-likeness (QED) is 0.852. The van der Waals surface area contributed by atoms with E-state index in [1.807, 2.05) is 6.08 Å². The Morgan fingerprint density at radius 1 is 1.48 bits per heavy atom. The molecule has 1 aromatic carbocycles. The highest BCUT2D eigenvalue weighted by atomic mass is 35.5. The Labute approximate surface area is 151 Å². The Balaban J connectivity index is 0.00000225. The molecule has 2 N–H and O–H groups in total. The molecular formula is C17H21ClFN3O3. The summed E-state index contributed by atoms with van der Waals surface area (Å²) in [4.78, 5) is 24.3. The maximum absolute atomic E-state index is 14.5. The molecule has 0 spiro atoms. The summed E-state index contributed by atoms with van der Waals surface area (Å²) in [5.74, 6) is -0.533. The van der Waals surface area contributed by atoms with Crippen LogP contribution in [0.5, 0.6) is 0 Å². The fourth-order valence-corrected chi connectivity index (χ4v) is 2.90. The maximum atomic E-state index is 14.5. The Morgan fingerprint density at radius 2 is 2.28 bits per heavy atom. The van der Waals surface area contributed by atoms with Crippen LogP contribution < -0.4 is 15.5 Å². The lowest BCUT2D eigenvalue weighted by Gasteiger charge is -2.17. The molecule has 0 saturated carbocycles. The van der Waals surface area contributed by atoms with Gasteiger partial charge in [0.1, 0.15) is 11.9 Å². The SMILES string of the molecule is CC(=O)NCC1CN(c2ccc(C3=CCNCC3)c(F)c2)C(=O)O1.Cl. The van der Waals surface area contributed by atoms with Gasteiger partial charge in [0.15, 0.2) is 0 Å². The van der Waals surface area contributed by atoms with Gasteiger partial charge in [0, 0.05) is 19.0 Å². The molecule has 0 bridgehead atoms. The first kappa shape index (κ1) is 19.2. The molecule has 0 aliphatic carbocycles. The lowest BCUT2D eigenvalue weighted by atomic mass is 9.99. The van der Waals surface area contributed by atoms with Gasteiger partial charge < -0.3 is 15.4 Å². The molecule has 6 nitrogen and oxygen atoms in total. The van der Waals surface area contributed by atoms with Gasteiger partial charge in [0.2, 0.25) is 5.91 Å². The van der Waals surface area contributed by atoms with E-state index in [4.69, 9.17) is 4.74 Å². The van der Waals surface area contributed by atoms with Crippen molar-refractivity contribution in [3.05, 3.63) is 35.7 Å². The van der Waals surface area contributed by atoms with Crippen molar-refractivity contribution in [2.45, 2.75) is 19.4 Å². The largest absolute Gasteiger partial charge is 0.442 e. The van der Waals surface area contributed by atoms with Crippen LogP contribution in [0.3, 0.4) is 0 Å². The number of hydrogen-bond acceptors (Lipinski definition) is 4. The van der Waals surface area contributed by atoms with Gasteiger partial charge in [-0.25, -0.2) is 9.18 Å². The molecule has 0 aromatic heterocycles. The molecule has 1 unspecified atom stereocenters. The highest BCUT2D eigenvalue weighted by Gasteiger charge is 2.32. The monoisotopic (exact) mass is 369 g/mol. The number of ether oxygens (including phenoxy) is 1. The van der Waals surface area contributed by atoms with Gasteiger partial charge in [0.05, 0.1) is 18.8 Å². The number of cyclic esters (lactones) is 1. The van der Waals surface area contributed by atoms with Crippen LogP contribution in [0, 0.1) is 5.82 Å². The van der Waals surface area contributed by atoms with E-state index in [2.05, 4.69) is 10.6 Å². The third kappa shape index (κ3) is 4.49. The van der Waals surface area contributed by atoms with Crippen molar-refractivity contribution in [2.75, 3.05) is 31.1 Å². The van der Waals surface area contributed by atoms with E-state index >= 15 is 0 Å². The molecule has 1 saturated heterocycles. The molecule has 0 radical (unpaired) electrons. The average Bonchev–Trinajstić information content (AvgIpc) is 2.94. The van der Waals surface area contributed by atoms with Crippen LogP contribution in [-0.4, -0.2) is 44.3 Å². The van der Waals surface area contributed by atoms with Crippen molar-refractivity contribution >= 4 is 35.7 Å². The van der Waals surface area contributed by atoms with Crippen LogP contribution in [0.2, 0.25) is 0 Å². The molecule has 1 atom stereocenters. The minimum Gasteiger partial charge on any atom is -0.442 e. The predicted molar refractivity (Wildman–Crippen MR) is 95.4 cm³/mol. The van der Waals surface area contributed by atoms with Gasteiger partial charge >= 0.3 is 6.09 Å². The number of nitrogens with zero attached hydrogens (tertiary/aromatic N) is 1. The number of amides is 2. The number of carbonyl (C=O) groups is 2. The second-order valence-corrected chi connectivity index (χ2v) is 5.90. The molecular weight excluding hydrogens is 349 g/mol. The average molecular weight is 370 g/mol. The normalized spacial score (nSPS) is 19.8. The molecule has 136 valence electrons. The summed E-state index contributed by atoms with van der Waals surface area (Å²) in [6.45, 7) is 3.50. The lowest BCUT2D eigenvalue weighted by Crippen LogP contribution is -2.33. The van der Waals surface area contributed by atoms with Crippen LogP contribution in [-0.2, 0) is 9.53 Å². The molecule has 2 heterocycles. The summed E-state index contributed by atoms with van der Waals surface area (Å²) >= 11 is 0. The van der Waals surface area contributed by atoms with E-state index in [-0.39, 0.29) is 37.2 Å². The number of hydrogen-bond donors (Lipinski definition) is 2. The topological polar surface area (TPSA) is 70.7 Å². The van der Waals surface area contributed by atoms with Gasteiger partial charge in [-0.15, -0.1) is 12.4 Å². The minimum absolute atomic E-state index is 0. The highest BCUT2D eigenvalue weighted by Crippen LogP contribution is 2.28. The molecule has 3 rings (SSSR count). The summed E-state index contributed by atoms with van der Waals surface area (Å²) in [7, 11) is 0. The van der Waals surface area contributed by atoms with E-state index in [1.54, 1.807) is 12.1 Å². The third-order valence-corrected chi connectivity index (χ3v) is 4.13. The molecule has 2 amide bonds. The number of anilines is 1. The van der Waals surface area contributed by atoms with E-state index in [0.29, 0.717) is 11.3 Å². The smallest absolute Gasteiger partial charge is 0.414 e. The first-order chi connectivity index (χ1) is 11.5. The van der Waals surface area contributed by atoms with E-state index in [0.717, 1.165) is 25.1 Å².